The molecule has 6 heteroatoms. The molecule has 98 valence electrons. The van der Waals surface area contributed by atoms with Gasteiger partial charge in [-0.15, -0.1) is 0 Å². The molecule has 1 aliphatic rings. The van der Waals surface area contributed by atoms with E-state index in [4.69, 9.17) is 18.0 Å². The summed E-state index contributed by atoms with van der Waals surface area (Å²) in [4.78, 5) is 0.316. The van der Waals surface area contributed by atoms with Gasteiger partial charge in [0.25, 0.3) is 0 Å². The third kappa shape index (κ3) is 4.04. The van der Waals surface area contributed by atoms with Crippen LogP contribution in [0.3, 0.4) is 0 Å². The van der Waals surface area contributed by atoms with E-state index < -0.39 is 10.0 Å². The summed E-state index contributed by atoms with van der Waals surface area (Å²) in [6.07, 6.45) is 2.26. The molecular weight excluding hydrogens is 268 g/mol. The monoisotopic (exact) mass is 284 g/mol. The smallest absolute Gasteiger partial charge is 0.215 e. The molecule has 1 fully saturated rings. The zero-order chi connectivity index (χ0) is 13.2. The zero-order valence-electron chi connectivity index (χ0n) is 9.93. The molecule has 0 unspecified atom stereocenters. The first kappa shape index (κ1) is 13.5. The van der Waals surface area contributed by atoms with Gasteiger partial charge in [-0.3, -0.25) is 0 Å². The Kier molecular flexibility index (Phi) is 3.99. The van der Waals surface area contributed by atoms with Crippen LogP contribution in [0.15, 0.2) is 24.3 Å². The summed E-state index contributed by atoms with van der Waals surface area (Å²) in [7, 11) is -3.24. The maximum Gasteiger partial charge on any atom is 0.215 e. The molecular formula is C12H16N2O2S2. The van der Waals surface area contributed by atoms with Crippen molar-refractivity contribution in [3.8, 4) is 0 Å². The lowest BCUT2D eigenvalue weighted by molar-refractivity contribution is 0.576. The van der Waals surface area contributed by atoms with Crippen molar-refractivity contribution in [1.82, 2.24) is 4.72 Å². The van der Waals surface area contributed by atoms with Gasteiger partial charge in [0.15, 0.2) is 0 Å². The second-order valence-corrected chi connectivity index (χ2v) is 6.86. The van der Waals surface area contributed by atoms with Crippen molar-refractivity contribution >= 4 is 27.2 Å². The molecule has 0 spiro atoms. The van der Waals surface area contributed by atoms with Gasteiger partial charge in [-0.2, -0.15) is 0 Å². The molecule has 1 saturated carbocycles. The summed E-state index contributed by atoms with van der Waals surface area (Å²) < 4.78 is 26.2. The van der Waals surface area contributed by atoms with E-state index in [1.807, 2.05) is 0 Å². The molecule has 0 amide bonds. The van der Waals surface area contributed by atoms with Crippen LogP contribution in [-0.4, -0.2) is 20.0 Å². The molecule has 1 aliphatic carbocycles. The molecule has 1 aromatic carbocycles. The highest BCUT2D eigenvalue weighted by molar-refractivity contribution is 7.88. The molecule has 0 atom stereocenters. The highest BCUT2D eigenvalue weighted by Crippen LogP contribution is 2.27. The van der Waals surface area contributed by atoms with Crippen LogP contribution in [0.25, 0.3) is 0 Å². The van der Waals surface area contributed by atoms with Crippen molar-refractivity contribution in [3.05, 3.63) is 35.4 Å². The topological polar surface area (TPSA) is 72.2 Å². The van der Waals surface area contributed by atoms with Crippen LogP contribution in [-0.2, 0) is 15.8 Å². The summed E-state index contributed by atoms with van der Waals surface area (Å²) in [6.45, 7) is 0.563. The Balaban J connectivity index is 1.96. The fourth-order valence-corrected chi connectivity index (χ4v) is 2.96. The van der Waals surface area contributed by atoms with E-state index in [1.165, 1.54) is 0 Å². The van der Waals surface area contributed by atoms with E-state index >= 15 is 0 Å². The average molecular weight is 284 g/mol. The lowest BCUT2D eigenvalue weighted by Crippen LogP contribution is -2.27. The first-order valence-corrected chi connectivity index (χ1v) is 7.88. The van der Waals surface area contributed by atoms with Crippen molar-refractivity contribution in [2.45, 2.75) is 18.6 Å². The second kappa shape index (κ2) is 5.34. The number of hydrogen-bond donors (Lipinski definition) is 2. The number of thiocarbonyl (C=S) groups is 1. The SMILES string of the molecule is NC(=S)c1ccc(CS(=O)(=O)NCC2CC2)cc1. The van der Waals surface area contributed by atoms with E-state index in [0.29, 0.717) is 17.5 Å². The van der Waals surface area contributed by atoms with Gasteiger partial charge in [-0.25, -0.2) is 13.1 Å². The minimum Gasteiger partial charge on any atom is -0.389 e. The van der Waals surface area contributed by atoms with Crippen LogP contribution >= 0.6 is 12.2 Å². The van der Waals surface area contributed by atoms with Gasteiger partial charge in [0, 0.05) is 12.1 Å². The molecule has 3 N–H and O–H groups in total. The highest BCUT2D eigenvalue weighted by Gasteiger charge is 2.23. The minimum atomic E-state index is -3.24. The largest absolute Gasteiger partial charge is 0.389 e. The van der Waals surface area contributed by atoms with Gasteiger partial charge in [0.1, 0.15) is 4.99 Å². The van der Waals surface area contributed by atoms with Crippen molar-refractivity contribution in [3.63, 3.8) is 0 Å². The molecule has 0 heterocycles. The third-order valence-electron chi connectivity index (χ3n) is 2.88. The van der Waals surface area contributed by atoms with Crippen LogP contribution in [0.2, 0.25) is 0 Å². The maximum absolute atomic E-state index is 11.8. The van der Waals surface area contributed by atoms with Crippen LogP contribution in [0.5, 0.6) is 0 Å². The molecule has 0 bridgehead atoms. The zero-order valence-corrected chi connectivity index (χ0v) is 11.6. The van der Waals surface area contributed by atoms with Gasteiger partial charge < -0.3 is 5.73 Å². The normalized spacial score (nSPS) is 15.6. The molecule has 0 aliphatic heterocycles. The number of nitrogens with one attached hydrogen (secondary N) is 1. The summed E-state index contributed by atoms with van der Waals surface area (Å²) >= 11 is 4.84. The average Bonchev–Trinajstić information content (AvgIpc) is 3.10. The van der Waals surface area contributed by atoms with E-state index in [-0.39, 0.29) is 5.75 Å². The second-order valence-electron chi connectivity index (χ2n) is 4.61. The fraction of sp³-hybridized carbons (Fsp3) is 0.417. The molecule has 18 heavy (non-hydrogen) atoms. The van der Waals surface area contributed by atoms with Crippen molar-refractivity contribution < 1.29 is 8.42 Å². The number of sulfonamides is 1. The minimum absolute atomic E-state index is 0.00265. The van der Waals surface area contributed by atoms with Gasteiger partial charge in [0.05, 0.1) is 5.75 Å². The fourth-order valence-electron chi connectivity index (χ4n) is 1.60. The molecule has 0 saturated heterocycles. The lowest BCUT2D eigenvalue weighted by Gasteiger charge is -2.06. The lowest BCUT2D eigenvalue weighted by atomic mass is 10.1. The maximum atomic E-state index is 11.8. The number of benzene rings is 1. The molecule has 0 radical (unpaired) electrons. The standard InChI is InChI=1S/C12H16N2O2S2/c13-12(17)11-5-3-10(4-6-11)8-18(15,16)14-7-9-1-2-9/h3-6,9,14H,1-2,7-8H2,(H2,13,17). The Hall–Kier alpha value is -0.980. The Morgan fingerprint density at radius 3 is 2.44 bits per heavy atom. The molecule has 2 rings (SSSR count). The molecule has 0 aromatic heterocycles. The Labute approximate surface area is 113 Å². The van der Waals surface area contributed by atoms with Crippen LogP contribution in [0, 0.1) is 5.92 Å². The Bertz CT molecular complexity index is 534. The van der Waals surface area contributed by atoms with Crippen LogP contribution in [0.1, 0.15) is 24.0 Å². The van der Waals surface area contributed by atoms with Gasteiger partial charge in [-0.1, -0.05) is 36.5 Å². The van der Waals surface area contributed by atoms with Crippen molar-refractivity contribution in [2.24, 2.45) is 11.7 Å². The van der Waals surface area contributed by atoms with E-state index in [0.717, 1.165) is 24.0 Å². The Morgan fingerprint density at radius 2 is 1.94 bits per heavy atom. The van der Waals surface area contributed by atoms with E-state index in [1.54, 1.807) is 24.3 Å². The molecule has 4 nitrogen and oxygen atoms in total. The predicted molar refractivity (Wildman–Crippen MR) is 75.7 cm³/mol. The Morgan fingerprint density at radius 1 is 1.33 bits per heavy atom. The van der Waals surface area contributed by atoms with E-state index in [2.05, 4.69) is 4.72 Å². The van der Waals surface area contributed by atoms with Gasteiger partial charge in [0.2, 0.25) is 10.0 Å². The van der Waals surface area contributed by atoms with Crippen molar-refractivity contribution in [1.29, 1.82) is 0 Å². The highest BCUT2D eigenvalue weighted by atomic mass is 32.2. The van der Waals surface area contributed by atoms with Crippen LogP contribution in [0.4, 0.5) is 0 Å². The molecule has 1 aromatic rings. The number of hydrogen-bond acceptors (Lipinski definition) is 3. The van der Waals surface area contributed by atoms with E-state index in [9.17, 15) is 8.42 Å². The predicted octanol–water partition coefficient (Wildman–Crippen LogP) is 1.15. The first-order valence-electron chi connectivity index (χ1n) is 5.82. The summed E-state index contributed by atoms with van der Waals surface area (Å²) in [5.74, 6) is 0.536. The third-order valence-corrected chi connectivity index (χ3v) is 4.44. The van der Waals surface area contributed by atoms with Gasteiger partial charge >= 0.3 is 0 Å². The number of rotatable bonds is 6. The van der Waals surface area contributed by atoms with Gasteiger partial charge in [-0.05, 0) is 24.3 Å². The summed E-state index contributed by atoms with van der Waals surface area (Å²) in [5, 5.41) is 0. The van der Waals surface area contributed by atoms with Crippen LogP contribution < -0.4 is 10.5 Å². The van der Waals surface area contributed by atoms with Crippen molar-refractivity contribution in [2.75, 3.05) is 6.54 Å². The first-order chi connectivity index (χ1) is 8.46. The number of nitrogens with two attached hydrogens (primary N) is 1. The summed E-state index contributed by atoms with van der Waals surface area (Å²) in [6, 6.07) is 6.97. The summed E-state index contributed by atoms with van der Waals surface area (Å²) in [5.41, 5.74) is 6.96. The quantitative estimate of drug-likeness (QED) is 0.769.